The fourth-order valence-corrected chi connectivity index (χ4v) is 1.85. The van der Waals surface area contributed by atoms with E-state index < -0.39 is 16.9 Å². The molecule has 0 saturated heterocycles. The van der Waals surface area contributed by atoms with Gasteiger partial charge in [-0.2, -0.15) is 0 Å². The van der Waals surface area contributed by atoms with Crippen LogP contribution in [-0.2, 0) is 9.53 Å². The van der Waals surface area contributed by atoms with Crippen molar-refractivity contribution in [1.29, 1.82) is 0 Å². The Labute approximate surface area is 115 Å². The number of hydrogen-bond donors (Lipinski definition) is 0. The van der Waals surface area contributed by atoms with E-state index in [-0.39, 0.29) is 12.4 Å². The van der Waals surface area contributed by atoms with Crippen LogP contribution in [0, 0.1) is 10.1 Å². The zero-order valence-corrected chi connectivity index (χ0v) is 10.8. The summed E-state index contributed by atoms with van der Waals surface area (Å²) in [5.74, 6) is -0.791. The Bertz CT molecular complexity index is 609. The maximum atomic E-state index is 12.1. The molecule has 1 aromatic carbocycles. The Morgan fingerprint density at radius 1 is 1.45 bits per heavy atom. The number of hydrogen-bond acceptors (Lipinski definition) is 5. The summed E-state index contributed by atoms with van der Waals surface area (Å²) in [6, 6.07) is 8.13. The Balaban J connectivity index is 2.40. The van der Waals surface area contributed by atoms with Gasteiger partial charge in [0.25, 0.3) is 0 Å². The Morgan fingerprint density at radius 2 is 2.15 bits per heavy atom. The molecule has 0 aliphatic heterocycles. The van der Waals surface area contributed by atoms with Crippen LogP contribution in [0.2, 0.25) is 0 Å². The van der Waals surface area contributed by atoms with E-state index in [1.54, 1.807) is 31.2 Å². The van der Waals surface area contributed by atoms with Gasteiger partial charge in [-0.05, 0) is 22.4 Å². The molecule has 2 rings (SSSR count). The summed E-state index contributed by atoms with van der Waals surface area (Å²) >= 11 is 0. The number of imidazole rings is 1. The molecule has 0 bridgehead atoms. The lowest BCUT2D eigenvalue weighted by molar-refractivity contribution is -0.389. The molecule has 1 atom stereocenters. The number of esters is 1. The predicted molar refractivity (Wildman–Crippen MR) is 70.1 cm³/mol. The minimum atomic E-state index is -0.780. The van der Waals surface area contributed by atoms with Crippen LogP contribution in [0.3, 0.4) is 0 Å². The molecular formula is C13H13N3O4. The Kier molecular flexibility index (Phi) is 4.09. The third-order valence-corrected chi connectivity index (χ3v) is 2.70. The third kappa shape index (κ3) is 2.82. The van der Waals surface area contributed by atoms with Crippen LogP contribution in [0.5, 0.6) is 0 Å². The van der Waals surface area contributed by atoms with Gasteiger partial charge in [-0.25, -0.2) is 4.79 Å². The first kappa shape index (κ1) is 13.7. The van der Waals surface area contributed by atoms with E-state index in [1.807, 2.05) is 6.07 Å². The van der Waals surface area contributed by atoms with Gasteiger partial charge in [0.2, 0.25) is 6.33 Å². The number of ether oxygens (including phenoxy) is 1. The van der Waals surface area contributed by atoms with Crippen LogP contribution in [0.25, 0.3) is 0 Å². The van der Waals surface area contributed by atoms with Gasteiger partial charge in [-0.1, -0.05) is 30.3 Å². The number of rotatable bonds is 5. The van der Waals surface area contributed by atoms with Crippen LogP contribution in [0.1, 0.15) is 18.5 Å². The Morgan fingerprint density at radius 3 is 2.70 bits per heavy atom. The normalized spacial score (nSPS) is 11.8. The molecule has 0 saturated carbocycles. The van der Waals surface area contributed by atoms with Crippen molar-refractivity contribution in [2.24, 2.45) is 0 Å². The van der Waals surface area contributed by atoms with E-state index >= 15 is 0 Å². The summed E-state index contributed by atoms with van der Waals surface area (Å²) in [5.41, 5.74) is 0.679. The summed E-state index contributed by atoms with van der Waals surface area (Å²) < 4.78 is 6.41. The topological polar surface area (TPSA) is 87.3 Å². The van der Waals surface area contributed by atoms with E-state index in [2.05, 4.69) is 4.98 Å². The number of benzene rings is 1. The van der Waals surface area contributed by atoms with Gasteiger partial charge in [-0.15, -0.1) is 0 Å². The molecule has 1 heterocycles. The van der Waals surface area contributed by atoms with Crippen molar-refractivity contribution in [3.8, 4) is 0 Å². The van der Waals surface area contributed by atoms with E-state index in [0.29, 0.717) is 5.56 Å². The second-order valence-electron chi connectivity index (χ2n) is 4.00. The lowest BCUT2D eigenvalue weighted by Gasteiger charge is -2.16. The highest BCUT2D eigenvalue weighted by Crippen LogP contribution is 2.22. The molecule has 2 aromatic rings. The van der Waals surface area contributed by atoms with Gasteiger partial charge in [-0.3, -0.25) is 4.57 Å². The van der Waals surface area contributed by atoms with Crippen LogP contribution >= 0.6 is 0 Å². The summed E-state index contributed by atoms with van der Waals surface area (Å²) in [6.07, 6.45) is 2.47. The summed E-state index contributed by atoms with van der Waals surface area (Å²) in [5, 5.41) is 10.7. The van der Waals surface area contributed by atoms with Crippen molar-refractivity contribution in [1.82, 2.24) is 9.55 Å². The van der Waals surface area contributed by atoms with Crippen LogP contribution in [0.4, 0.5) is 5.82 Å². The van der Waals surface area contributed by atoms with Crippen molar-refractivity contribution in [3.05, 3.63) is 58.5 Å². The summed E-state index contributed by atoms with van der Waals surface area (Å²) in [4.78, 5) is 25.8. The molecule has 0 aliphatic rings. The first-order chi connectivity index (χ1) is 9.63. The van der Waals surface area contributed by atoms with Crippen molar-refractivity contribution in [2.75, 3.05) is 6.61 Å². The number of nitrogens with zero attached hydrogens (tertiary/aromatic N) is 3. The fourth-order valence-electron chi connectivity index (χ4n) is 1.85. The first-order valence-electron chi connectivity index (χ1n) is 6.03. The minimum Gasteiger partial charge on any atom is -0.464 e. The molecule has 0 fully saturated rings. The highest BCUT2D eigenvalue weighted by molar-refractivity contribution is 5.78. The highest BCUT2D eigenvalue weighted by atomic mass is 16.6. The molecule has 0 radical (unpaired) electrons. The van der Waals surface area contributed by atoms with Gasteiger partial charge in [0.05, 0.1) is 6.61 Å². The zero-order chi connectivity index (χ0) is 14.5. The highest BCUT2D eigenvalue weighted by Gasteiger charge is 2.26. The SMILES string of the molecule is CCOC(=O)[C@H](c1ccccc1)n1cnc([N+](=O)[O-])c1. The molecule has 20 heavy (non-hydrogen) atoms. The quantitative estimate of drug-likeness (QED) is 0.472. The average molecular weight is 275 g/mol. The van der Waals surface area contributed by atoms with Crippen molar-refractivity contribution < 1.29 is 14.5 Å². The molecule has 7 heteroatoms. The number of nitro groups is 1. The molecule has 0 N–H and O–H groups in total. The van der Waals surface area contributed by atoms with E-state index in [0.717, 1.165) is 0 Å². The molecule has 0 spiro atoms. The van der Waals surface area contributed by atoms with Crippen molar-refractivity contribution in [3.63, 3.8) is 0 Å². The molecule has 0 unspecified atom stereocenters. The average Bonchev–Trinajstić information content (AvgIpc) is 2.90. The minimum absolute atomic E-state index is 0.235. The summed E-state index contributed by atoms with van der Waals surface area (Å²) in [7, 11) is 0. The van der Waals surface area contributed by atoms with Gasteiger partial charge in [0, 0.05) is 0 Å². The van der Waals surface area contributed by atoms with Crippen molar-refractivity contribution >= 4 is 11.8 Å². The molecule has 7 nitrogen and oxygen atoms in total. The van der Waals surface area contributed by atoms with Gasteiger partial charge < -0.3 is 14.9 Å². The first-order valence-corrected chi connectivity index (χ1v) is 6.03. The van der Waals surface area contributed by atoms with E-state index in [1.165, 1.54) is 17.1 Å². The number of carbonyl (C=O) groups is 1. The third-order valence-electron chi connectivity index (χ3n) is 2.70. The maximum Gasteiger partial charge on any atom is 0.381 e. The fraction of sp³-hybridized carbons (Fsp3) is 0.231. The summed E-state index contributed by atoms with van der Waals surface area (Å²) in [6.45, 7) is 1.94. The Hall–Kier alpha value is -2.70. The second kappa shape index (κ2) is 5.96. The van der Waals surface area contributed by atoms with Gasteiger partial charge in [0.15, 0.2) is 6.04 Å². The maximum absolute atomic E-state index is 12.1. The smallest absolute Gasteiger partial charge is 0.381 e. The molecule has 0 aliphatic carbocycles. The number of carbonyl (C=O) groups excluding carboxylic acids is 1. The van der Waals surface area contributed by atoms with Crippen molar-refractivity contribution in [2.45, 2.75) is 13.0 Å². The van der Waals surface area contributed by atoms with E-state index in [4.69, 9.17) is 4.74 Å². The van der Waals surface area contributed by atoms with Gasteiger partial charge in [0.1, 0.15) is 6.20 Å². The molecular weight excluding hydrogens is 262 g/mol. The van der Waals surface area contributed by atoms with Crippen LogP contribution in [-0.4, -0.2) is 27.1 Å². The standard InChI is InChI=1S/C13H13N3O4/c1-2-20-13(17)12(10-6-4-3-5-7-10)15-8-11(14-9-15)16(18)19/h3-9,12H,2H2,1H3/t12-/m0/s1. The largest absolute Gasteiger partial charge is 0.464 e. The van der Waals surface area contributed by atoms with Crippen LogP contribution in [0.15, 0.2) is 42.9 Å². The monoisotopic (exact) mass is 275 g/mol. The van der Waals surface area contributed by atoms with Gasteiger partial charge >= 0.3 is 11.8 Å². The van der Waals surface area contributed by atoms with E-state index in [9.17, 15) is 14.9 Å². The predicted octanol–water partition coefficient (Wildman–Crippen LogP) is 1.94. The molecule has 1 aromatic heterocycles. The molecule has 104 valence electrons. The molecule has 0 amide bonds. The second-order valence-corrected chi connectivity index (χ2v) is 4.00. The van der Waals surface area contributed by atoms with Crippen LogP contribution < -0.4 is 0 Å². The lowest BCUT2D eigenvalue weighted by Crippen LogP contribution is -2.22. The number of aromatic nitrogens is 2. The zero-order valence-electron chi connectivity index (χ0n) is 10.8. The lowest BCUT2D eigenvalue weighted by atomic mass is 10.1.